The van der Waals surface area contributed by atoms with E-state index in [1.54, 1.807) is 24.5 Å². The molecule has 2 aromatic heterocycles. The lowest BCUT2D eigenvalue weighted by Gasteiger charge is -2.09. The van der Waals surface area contributed by atoms with Gasteiger partial charge in [0.15, 0.2) is 0 Å². The summed E-state index contributed by atoms with van der Waals surface area (Å²) in [5.74, 6) is 0.928. The van der Waals surface area contributed by atoms with Gasteiger partial charge < -0.3 is 15.1 Å². The average molecular weight is 387 g/mol. The molecule has 0 aliphatic carbocycles. The van der Waals surface area contributed by atoms with Gasteiger partial charge in [0, 0.05) is 10.5 Å². The van der Waals surface area contributed by atoms with Crippen molar-refractivity contribution in [2.24, 2.45) is 0 Å². The Kier molecular flexibility index (Phi) is 4.90. The maximum absolute atomic E-state index is 12.2. The number of furan rings is 1. The molecule has 0 radical (unpaired) electrons. The number of halogens is 1. The number of aryl methyl sites for hydroxylation is 1. The number of nitrogens with one attached hydrogen (secondary N) is 2. The Morgan fingerprint density at radius 1 is 1.25 bits per heavy atom. The Labute approximate surface area is 147 Å². The van der Waals surface area contributed by atoms with Gasteiger partial charge in [-0.2, -0.15) is 0 Å². The lowest BCUT2D eigenvalue weighted by molar-refractivity contribution is 0.0943. The zero-order chi connectivity index (χ0) is 16.9. The number of amides is 1. The van der Waals surface area contributed by atoms with Crippen LogP contribution < -0.4 is 10.6 Å². The molecule has 0 atom stereocenters. The Balaban J connectivity index is 1.70. The molecule has 0 saturated heterocycles. The third-order valence-electron chi connectivity index (χ3n) is 3.29. The van der Waals surface area contributed by atoms with E-state index in [0.717, 1.165) is 15.7 Å². The van der Waals surface area contributed by atoms with Crippen molar-refractivity contribution < 1.29 is 9.21 Å². The minimum Gasteiger partial charge on any atom is -0.467 e. The fourth-order valence-electron chi connectivity index (χ4n) is 2.08. The standard InChI is InChI=1S/C17H15BrN4O2/c1-11-4-5-14(13(18)7-11)22-16-8-15(20-10-21-16)17(23)19-9-12-3-2-6-24-12/h2-8,10H,9H2,1H3,(H,19,23)(H,20,21,22). The summed E-state index contributed by atoms with van der Waals surface area (Å²) in [7, 11) is 0. The van der Waals surface area contributed by atoms with Crippen LogP contribution in [0.4, 0.5) is 11.5 Å². The molecule has 1 aromatic carbocycles. The van der Waals surface area contributed by atoms with Gasteiger partial charge in [-0.15, -0.1) is 0 Å². The van der Waals surface area contributed by atoms with Crippen molar-refractivity contribution in [3.05, 3.63) is 70.5 Å². The van der Waals surface area contributed by atoms with Crippen molar-refractivity contribution in [2.45, 2.75) is 13.5 Å². The SMILES string of the molecule is Cc1ccc(Nc2cc(C(=O)NCc3ccco3)ncn2)c(Br)c1. The Hall–Kier alpha value is -2.67. The molecule has 7 heteroatoms. The summed E-state index contributed by atoms with van der Waals surface area (Å²) in [5, 5.41) is 5.92. The van der Waals surface area contributed by atoms with Crippen LogP contribution in [0.15, 0.2) is 57.9 Å². The molecular weight excluding hydrogens is 372 g/mol. The van der Waals surface area contributed by atoms with Crippen LogP contribution in [0.25, 0.3) is 0 Å². The van der Waals surface area contributed by atoms with Gasteiger partial charge in [0.05, 0.1) is 18.5 Å². The van der Waals surface area contributed by atoms with Crippen LogP contribution >= 0.6 is 15.9 Å². The van der Waals surface area contributed by atoms with E-state index < -0.39 is 0 Å². The summed E-state index contributed by atoms with van der Waals surface area (Å²) < 4.78 is 6.10. The van der Waals surface area contributed by atoms with Gasteiger partial charge in [-0.25, -0.2) is 9.97 Å². The zero-order valence-electron chi connectivity index (χ0n) is 12.9. The van der Waals surface area contributed by atoms with E-state index in [1.165, 1.54) is 6.33 Å². The van der Waals surface area contributed by atoms with Crippen LogP contribution in [0.5, 0.6) is 0 Å². The van der Waals surface area contributed by atoms with E-state index in [9.17, 15) is 4.79 Å². The van der Waals surface area contributed by atoms with E-state index in [-0.39, 0.29) is 11.6 Å². The number of nitrogens with zero attached hydrogens (tertiary/aromatic N) is 2. The van der Waals surface area contributed by atoms with Crippen molar-refractivity contribution in [1.29, 1.82) is 0 Å². The van der Waals surface area contributed by atoms with Gasteiger partial charge in [-0.1, -0.05) is 6.07 Å². The van der Waals surface area contributed by atoms with E-state index in [4.69, 9.17) is 4.42 Å². The van der Waals surface area contributed by atoms with Gasteiger partial charge in [-0.3, -0.25) is 4.79 Å². The largest absolute Gasteiger partial charge is 0.467 e. The number of carbonyl (C=O) groups excluding carboxylic acids is 1. The second-order valence-corrected chi connectivity index (χ2v) is 6.01. The predicted octanol–water partition coefficient (Wildman–Crippen LogP) is 3.81. The molecule has 122 valence electrons. The number of rotatable bonds is 5. The van der Waals surface area contributed by atoms with Gasteiger partial charge in [0.1, 0.15) is 23.6 Å². The Morgan fingerprint density at radius 3 is 2.88 bits per heavy atom. The lowest BCUT2D eigenvalue weighted by atomic mass is 10.2. The monoisotopic (exact) mass is 386 g/mol. The molecule has 0 unspecified atom stereocenters. The summed E-state index contributed by atoms with van der Waals surface area (Å²) in [5.41, 5.74) is 2.29. The third kappa shape index (κ3) is 3.99. The first-order valence-corrected chi connectivity index (χ1v) is 8.07. The maximum atomic E-state index is 12.2. The van der Waals surface area contributed by atoms with Crippen LogP contribution in [0.3, 0.4) is 0 Å². The van der Waals surface area contributed by atoms with Crippen molar-refractivity contribution in [3.63, 3.8) is 0 Å². The third-order valence-corrected chi connectivity index (χ3v) is 3.95. The molecule has 24 heavy (non-hydrogen) atoms. The molecule has 2 N–H and O–H groups in total. The highest BCUT2D eigenvalue weighted by Gasteiger charge is 2.10. The van der Waals surface area contributed by atoms with Crippen molar-refractivity contribution in [3.8, 4) is 0 Å². The first-order valence-electron chi connectivity index (χ1n) is 7.27. The smallest absolute Gasteiger partial charge is 0.270 e. The topological polar surface area (TPSA) is 80.0 Å². The highest BCUT2D eigenvalue weighted by Crippen LogP contribution is 2.26. The first-order chi connectivity index (χ1) is 11.6. The van der Waals surface area contributed by atoms with E-state index in [0.29, 0.717) is 18.1 Å². The number of anilines is 2. The molecule has 0 bridgehead atoms. The number of hydrogen-bond donors (Lipinski definition) is 2. The van der Waals surface area contributed by atoms with E-state index >= 15 is 0 Å². The first kappa shape index (κ1) is 16.2. The van der Waals surface area contributed by atoms with Gasteiger partial charge in [0.2, 0.25) is 0 Å². The minimum absolute atomic E-state index is 0.280. The fourth-order valence-corrected chi connectivity index (χ4v) is 2.67. The highest BCUT2D eigenvalue weighted by molar-refractivity contribution is 9.10. The highest BCUT2D eigenvalue weighted by atomic mass is 79.9. The Bertz CT molecular complexity index is 850. The van der Waals surface area contributed by atoms with Crippen molar-refractivity contribution >= 4 is 33.3 Å². The van der Waals surface area contributed by atoms with Gasteiger partial charge >= 0.3 is 0 Å². The number of aromatic nitrogens is 2. The number of hydrogen-bond acceptors (Lipinski definition) is 5. The molecule has 2 heterocycles. The zero-order valence-corrected chi connectivity index (χ0v) is 14.5. The predicted molar refractivity (Wildman–Crippen MR) is 94.1 cm³/mol. The number of carbonyl (C=O) groups is 1. The quantitative estimate of drug-likeness (QED) is 0.696. The van der Waals surface area contributed by atoms with Gasteiger partial charge in [-0.05, 0) is 52.7 Å². The van der Waals surface area contributed by atoms with Crippen LogP contribution in [0.2, 0.25) is 0 Å². The fraction of sp³-hybridized carbons (Fsp3) is 0.118. The summed E-state index contributed by atoms with van der Waals surface area (Å²) >= 11 is 3.50. The summed E-state index contributed by atoms with van der Waals surface area (Å²) in [6.07, 6.45) is 2.92. The molecule has 0 saturated carbocycles. The van der Waals surface area contributed by atoms with Crippen LogP contribution in [-0.4, -0.2) is 15.9 Å². The average Bonchev–Trinajstić information content (AvgIpc) is 3.09. The van der Waals surface area contributed by atoms with Crippen molar-refractivity contribution in [2.75, 3.05) is 5.32 Å². The van der Waals surface area contributed by atoms with Crippen molar-refractivity contribution in [1.82, 2.24) is 15.3 Å². The van der Waals surface area contributed by atoms with Crippen LogP contribution in [-0.2, 0) is 6.54 Å². The van der Waals surface area contributed by atoms with Crippen LogP contribution in [0.1, 0.15) is 21.8 Å². The summed E-state index contributed by atoms with van der Waals surface area (Å²) in [6.45, 7) is 2.32. The van der Waals surface area contributed by atoms with Gasteiger partial charge in [0.25, 0.3) is 5.91 Å². The van der Waals surface area contributed by atoms with E-state index in [1.807, 2.05) is 25.1 Å². The molecule has 1 amide bonds. The van der Waals surface area contributed by atoms with Crippen LogP contribution in [0, 0.1) is 6.92 Å². The molecule has 0 fully saturated rings. The summed E-state index contributed by atoms with van der Waals surface area (Å²) in [4.78, 5) is 20.3. The molecule has 6 nitrogen and oxygen atoms in total. The Morgan fingerprint density at radius 2 is 2.12 bits per heavy atom. The summed E-state index contributed by atoms with van der Waals surface area (Å²) in [6, 6.07) is 11.1. The molecule has 0 spiro atoms. The van der Waals surface area contributed by atoms with E-state index in [2.05, 4.69) is 36.5 Å². The normalized spacial score (nSPS) is 10.4. The minimum atomic E-state index is -0.292. The number of benzene rings is 1. The lowest BCUT2D eigenvalue weighted by Crippen LogP contribution is -2.23. The molecule has 0 aliphatic heterocycles. The second kappa shape index (κ2) is 7.27. The molecule has 0 aliphatic rings. The molecular formula is C17H15BrN4O2. The maximum Gasteiger partial charge on any atom is 0.270 e. The second-order valence-electron chi connectivity index (χ2n) is 5.16. The molecule has 3 rings (SSSR count). The molecule has 3 aromatic rings.